The fourth-order valence-corrected chi connectivity index (χ4v) is 9.39. The third-order valence-electron chi connectivity index (χ3n) is 10.2. The molecular formula is C27H34Cl2O5. The zero-order valence-corrected chi connectivity index (χ0v) is 21.6. The van der Waals surface area contributed by atoms with E-state index in [0.717, 1.165) is 32.1 Å². The molecule has 0 aromatic carbocycles. The van der Waals surface area contributed by atoms with E-state index in [-0.39, 0.29) is 47.0 Å². The molecule has 0 amide bonds. The number of carbonyl (C=O) groups is 2. The molecule has 1 aromatic rings. The normalized spacial score (nSPS) is 45.5. The molecule has 4 aliphatic carbocycles. The number of esters is 1. The summed E-state index contributed by atoms with van der Waals surface area (Å²) in [5, 5.41) is 11.8. The fraction of sp³-hybridized carbons (Fsp3) is 0.704. The number of alkyl halides is 2. The van der Waals surface area contributed by atoms with Crippen molar-refractivity contribution in [3.05, 3.63) is 35.8 Å². The van der Waals surface area contributed by atoms with E-state index in [1.165, 1.54) is 17.9 Å². The summed E-state index contributed by atoms with van der Waals surface area (Å²) in [5.41, 5.74) is -1.17. The Morgan fingerprint density at radius 1 is 1.29 bits per heavy atom. The predicted molar refractivity (Wildman–Crippen MR) is 130 cm³/mol. The van der Waals surface area contributed by atoms with E-state index in [0.29, 0.717) is 6.42 Å². The van der Waals surface area contributed by atoms with Crippen LogP contribution >= 0.6 is 23.2 Å². The molecule has 1 heterocycles. The maximum absolute atomic E-state index is 13.6. The van der Waals surface area contributed by atoms with Gasteiger partial charge >= 0.3 is 5.97 Å². The standard InChI is InChI=1S/C27H34Cl2O5/c1-16-13-19-18-10-9-17-7-4-5-11-24(17,2)26(18,29)21(30)14-25(19,3)27(16,22(31)15-28)34-23(32)20-8-6-12-33-20/h6-8,12,16,18-19,21,30H,4-5,9-11,13-15H2,1-3H3/t16-,18+,19?,21+,24+,25+,26+,27+/m1/s1. The minimum atomic E-state index is -1.45. The molecule has 0 bridgehead atoms. The van der Waals surface area contributed by atoms with E-state index < -0.39 is 28.0 Å². The van der Waals surface area contributed by atoms with Gasteiger partial charge < -0.3 is 14.3 Å². The van der Waals surface area contributed by atoms with Crippen molar-refractivity contribution in [2.75, 3.05) is 5.88 Å². The zero-order valence-electron chi connectivity index (χ0n) is 20.1. The second-order valence-corrected chi connectivity index (χ2v) is 12.3. The molecule has 1 aromatic heterocycles. The first-order valence-electron chi connectivity index (χ1n) is 12.5. The fourth-order valence-electron chi connectivity index (χ4n) is 8.64. The Morgan fingerprint density at radius 3 is 2.74 bits per heavy atom. The van der Waals surface area contributed by atoms with Crippen molar-refractivity contribution in [3.63, 3.8) is 0 Å². The van der Waals surface area contributed by atoms with Crippen LogP contribution in [0.3, 0.4) is 0 Å². The number of Topliss-reactive ketones (excluding diaryl/α,β-unsaturated/α-hetero) is 1. The minimum Gasteiger partial charge on any atom is -0.457 e. The molecular weight excluding hydrogens is 475 g/mol. The van der Waals surface area contributed by atoms with Crippen molar-refractivity contribution in [2.45, 2.75) is 82.3 Å². The molecule has 8 atom stereocenters. The number of hydrogen-bond acceptors (Lipinski definition) is 5. The molecule has 0 spiro atoms. The van der Waals surface area contributed by atoms with Gasteiger partial charge in [-0.05, 0) is 68.9 Å². The smallest absolute Gasteiger partial charge is 0.375 e. The molecule has 0 aliphatic heterocycles. The number of rotatable bonds is 4. The van der Waals surface area contributed by atoms with Gasteiger partial charge in [0.05, 0.1) is 23.1 Å². The summed E-state index contributed by atoms with van der Waals surface area (Å²) in [4.78, 5) is 25.9. The van der Waals surface area contributed by atoms with Crippen molar-refractivity contribution >= 4 is 35.0 Å². The van der Waals surface area contributed by atoms with E-state index in [1.807, 2.05) is 13.8 Å². The van der Waals surface area contributed by atoms with Crippen LogP contribution in [0, 0.1) is 28.6 Å². The molecule has 0 radical (unpaired) electrons. The number of hydrogen-bond donors (Lipinski definition) is 1. The zero-order chi connectivity index (χ0) is 24.5. The average molecular weight is 509 g/mol. The van der Waals surface area contributed by atoms with Crippen LogP contribution in [0.2, 0.25) is 0 Å². The molecule has 7 heteroatoms. The van der Waals surface area contributed by atoms with Crippen LogP contribution < -0.4 is 0 Å². The number of aliphatic hydroxyl groups excluding tert-OH is 1. The van der Waals surface area contributed by atoms with Crippen molar-refractivity contribution in [1.29, 1.82) is 0 Å². The summed E-state index contributed by atoms with van der Waals surface area (Å²) in [7, 11) is 0. The van der Waals surface area contributed by atoms with Crippen molar-refractivity contribution in [2.24, 2.45) is 28.6 Å². The van der Waals surface area contributed by atoms with Crippen LogP contribution in [0.4, 0.5) is 0 Å². The van der Waals surface area contributed by atoms with Crippen molar-refractivity contribution < 1.29 is 23.8 Å². The molecule has 3 saturated carbocycles. The largest absolute Gasteiger partial charge is 0.457 e. The van der Waals surface area contributed by atoms with E-state index in [1.54, 1.807) is 6.07 Å². The molecule has 34 heavy (non-hydrogen) atoms. The van der Waals surface area contributed by atoms with Gasteiger partial charge in [0.2, 0.25) is 5.76 Å². The first-order valence-corrected chi connectivity index (χ1v) is 13.4. The predicted octanol–water partition coefficient (Wildman–Crippen LogP) is 5.91. The number of carbonyl (C=O) groups excluding carboxylic acids is 2. The van der Waals surface area contributed by atoms with E-state index in [2.05, 4.69) is 13.0 Å². The third kappa shape index (κ3) is 2.90. The van der Waals surface area contributed by atoms with Crippen LogP contribution in [-0.2, 0) is 9.53 Å². The Morgan fingerprint density at radius 2 is 2.06 bits per heavy atom. The summed E-state index contributed by atoms with van der Waals surface area (Å²) in [6.07, 6.45) is 8.72. The second kappa shape index (κ2) is 8.11. The average Bonchev–Trinajstić information content (AvgIpc) is 3.41. The van der Waals surface area contributed by atoms with Crippen LogP contribution in [0.5, 0.6) is 0 Å². The first-order chi connectivity index (χ1) is 16.1. The molecule has 3 fully saturated rings. The van der Waals surface area contributed by atoms with E-state index in [4.69, 9.17) is 32.4 Å². The Labute approximate surface area is 211 Å². The van der Waals surface area contributed by atoms with Crippen LogP contribution in [-0.4, -0.2) is 39.3 Å². The maximum Gasteiger partial charge on any atom is 0.375 e. The highest BCUT2D eigenvalue weighted by Crippen LogP contribution is 2.72. The number of ketones is 1. The van der Waals surface area contributed by atoms with Gasteiger partial charge in [0, 0.05) is 16.7 Å². The third-order valence-corrected chi connectivity index (χ3v) is 11.4. The summed E-state index contributed by atoms with van der Waals surface area (Å²) >= 11 is 13.7. The number of allylic oxidation sites excluding steroid dienone is 2. The van der Waals surface area contributed by atoms with Gasteiger partial charge in [-0.25, -0.2) is 4.79 Å². The number of furan rings is 1. The summed E-state index contributed by atoms with van der Waals surface area (Å²) in [6, 6.07) is 3.14. The number of aliphatic hydroxyl groups is 1. The number of halogens is 2. The topological polar surface area (TPSA) is 76.7 Å². The lowest BCUT2D eigenvalue weighted by atomic mass is 9.45. The molecule has 1 N–H and O–H groups in total. The lowest BCUT2D eigenvalue weighted by molar-refractivity contribution is -0.179. The SMILES string of the molecule is C[C@@H]1CC2[C@@H]3CCC4=CCCC[C@]4(C)[C@@]3(Cl)[C@@H](O)C[C@]2(C)[C@@]1(OC(=O)c1ccco1)C(=O)CCl. The highest BCUT2D eigenvalue weighted by Gasteiger charge is 2.76. The molecule has 186 valence electrons. The first kappa shape index (κ1) is 24.4. The van der Waals surface area contributed by atoms with E-state index >= 15 is 0 Å². The van der Waals surface area contributed by atoms with Crippen LogP contribution in [0.15, 0.2) is 34.5 Å². The number of fused-ring (bicyclic) bond motifs is 5. The van der Waals surface area contributed by atoms with Gasteiger partial charge in [-0.15, -0.1) is 23.2 Å². The Hall–Kier alpha value is -1.30. The second-order valence-electron chi connectivity index (χ2n) is 11.4. The van der Waals surface area contributed by atoms with E-state index in [9.17, 15) is 14.7 Å². The molecule has 1 unspecified atom stereocenters. The highest BCUT2D eigenvalue weighted by molar-refractivity contribution is 6.29. The quantitative estimate of drug-likeness (QED) is 0.310. The van der Waals surface area contributed by atoms with Gasteiger partial charge in [0.25, 0.3) is 0 Å². The molecule has 5 rings (SSSR count). The van der Waals surface area contributed by atoms with Gasteiger partial charge in [-0.3, -0.25) is 4.79 Å². The van der Waals surface area contributed by atoms with Gasteiger partial charge in [0.1, 0.15) is 0 Å². The Kier molecular flexibility index (Phi) is 5.82. The minimum absolute atomic E-state index is 0.00191. The lowest BCUT2D eigenvalue weighted by Crippen LogP contribution is -2.69. The van der Waals surface area contributed by atoms with Crippen LogP contribution in [0.1, 0.15) is 76.3 Å². The van der Waals surface area contributed by atoms with Crippen LogP contribution in [0.25, 0.3) is 0 Å². The molecule has 4 aliphatic rings. The maximum atomic E-state index is 13.6. The van der Waals surface area contributed by atoms with Crippen molar-refractivity contribution in [3.8, 4) is 0 Å². The summed E-state index contributed by atoms with van der Waals surface area (Å²) in [6.45, 7) is 6.17. The lowest BCUT2D eigenvalue weighted by Gasteiger charge is -2.65. The molecule has 5 nitrogen and oxygen atoms in total. The number of ether oxygens (including phenoxy) is 1. The van der Waals surface area contributed by atoms with Gasteiger partial charge in [-0.1, -0.05) is 32.4 Å². The highest BCUT2D eigenvalue weighted by atomic mass is 35.5. The summed E-state index contributed by atoms with van der Waals surface area (Å²) in [5.74, 6) is -1.47. The summed E-state index contributed by atoms with van der Waals surface area (Å²) < 4.78 is 11.4. The van der Waals surface area contributed by atoms with Crippen molar-refractivity contribution in [1.82, 2.24) is 0 Å². The molecule has 0 saturated heterocycles. The monoisotopic (exact) mass is 508 g/mol. The van der Waals surface area contributed by atoms with Gasteiger partial charge in [0.15, 0.2) is 11.4 Å². The Balaban J connectivity index is 1.61. The Bertz CT molecular complexity index is 1020. The van der Waals surface area contributed by atoms with Gasteiger partial charge in [-0.2, -0.15) is 0 Å².